The number of fused-ring (bicyclic) bond motifs is 3. The predicted molar refractivity (Wildman–Crippen MR) is 90.6 cm³/mol. The molecule has 1 N–H and O–H groups in total. The minimum atomic E-state index is -1.14. The summed E-state index contributed by atoms with van der Waals surface area (Å²) in [6.07, 6.45) is 4.46. The molecule has 2 bridgehead atoms. The summed E-state index contributed by atoms with van der Waals surface area (Å²) in [4.78, 5) is 27.8. The highest BCUT2D eigenvalue weighted by Crippen LogP contribution is 2.38. The van der Waals surface area contributed by atoms with Gasteiger partial charge in [0.05, 0.1) is 0 Å². The first kappa shape index (κ1) is 15.6. The first-order valence-corrected chi connectivity index (χ1v) is 8.80. The molecule has 0 saturated carbocycles. The van der Waals surface area contributed by atoms with Gasteiger partial charge in [0.15, 0.2) is 0 Å². The van der Waals surface area contributed by atoms with E-state index in [1.807, 2.05) is 24.3 Å². The van der Waals surface area contributed by atoms with Gasteiger partial charge in [0.25, 0.3) is 0 Å². The highest BCUT2D eigenvalue weighted by atomic mass is 16.5. The third-order valence-electron chi connectivity index (χ3n) is 6.09. The zero-order valence-corrected chi connectivity index (χ0v) is 14.2. The molecule has 5 nitrogen and oxygen atoms in total. The lowest BCUT2D eigenvalue weighted by atomic mass is 9.79. The molecule has 24 heavy (non-hydrogen) atoms. The second-order valence-electron chi connectivity index (χ2n) is 7.67. The van der Waals surface area contributed by atoms with Crippen LogP contribution in [0.25, 0.3) is 0 Å². The van der Waals surface area contributed by atoms with Gasteiger partial charge in [-0.05, 0) is 57.7 Å². The average Bonchev–Trinajstić information content (AvgIpc) is 2.77. The van der Waals surface area contributed by atoms with Crippen molar-refractivity contribution in [3.8, 4) is 0 Å². The first-order chi connectivity index (χ1) is 11.5. The fourth-order valence-corrected chi connectivity index (χ4v) is 4.42. The number of carbonyl (C=O) groups is 2. The number of benzene rings is 1. The lowest BCUT2D eigenvalue weighted by Gasteiger charge is -2.38. The van der Waals surface area contributed by atoms with Crippen molar-refractivity contribution in [1.82, 2.24) is 4.90 Å². The van der Waals surface area contributed by atoms with Crippen molar-refractivity contribution in [2.45, 2.75) is 57.2 Å². The average molecular weight is 328 g/mol. The van der Waals surface area contributed by atoms with Crippen molar-refractivity contribution in [1.29, 1.82) is 0 Å². The highest BCUT2D eigenvalue weighted by Gasteiger charge is 2.48. The van der Waals surface area contributed by atoms with Gasteiger partial charge in [0.2, 0.25) is 5.91 Å². The number of hydrogen-bond acceptors (Lipinski definition) is 4. The molecule has 2 fully saturated rings. The monoisotopic (exact) mass is 328 g/mol. The van der Waals surface area contributed by atoms with Crippen LogP contribution in [0, 0.1) is 5.41 Å². The maximum Gasteiger partial charge on any atom is 0.321 e. The van der Waals surface area contributed by atoms with E-state index < -0.39 is 5.41 Å². The smallest absolute Gasteiger partial charge is 0.321 e. The molecule has 5 heteroatoms. The van der Waals surface area contributed by atoms with Crippen LogP contribution in [0.4, 0.5) is 5.69 Å². The van der Waals surface area contributed by atoms with Crippen LogP contribution in [-0.2, 0) is 20.7 Å². The number of nitrogens with one attached hydrogen (secondary N) is 1. The molecule has 3 aliphatic heterocycles. The van der Waals surface area contributed by atoms with Crippen LogP contribution in [0.1, 0.15) is 38.2 Å². The number of piperidine rings is 1. The summed E-state index contributed by atoms with van der Waals surface area (Å²) in [5.74, 6) is -0.648. The second kappa shape index (κ2) is 5.59. The van der Waals surface area contributed by atoms with Crippen molar-refractivity contribution in [3.63, 3.8) is 0 Å². The van der Waals surface area contributed by atoms with Crippen LogP contribution in [0.5, 0.6) is 0 Å². The van der Waals surface area contributed by atoms with Crippen LogP contribution in [0.2, 0.25) is 0 Å². The van der Waals surface area contributed by atoms with Gasteiger partial charge in [-0.1, -0.05) is 18.2 Å². The Balaban J connectivity index is 1.49. The molecular weight excluding hydrogens is 304 g/mol. The number of esters is 1. The van der Waals surface area contributed by atoms with E-state index >= 15 is 0 Å². The Morgan fingerprint density at radius 1 is 1.25 bits per heavy atom. The predicted octanol–water partition coefficient (Wildman–Crippen LogP) is 2.36. The number of nitrogens with zero attached hydrogens (tertiary/aromatic N) is 1. The summed E-state index contributed by atoms with van der Waals surface area (Å²) < 4.78 is 5.82. The van der Waals surface area contributed by atoms with E-state index in [-0.39, 0.29) is 18.0 Å². The molecule has 1 aromatic rings. The van der Waals surface area contributed by atoms with E-state index in [1.165, 1.54) is 12.8 Å². The molecule has 1 aromatic carbocycles. The molecule has 0 radical (unpaired) electrons. The topological polar surface area (TPSA) is 58.6 Å². The molecule has 0 aliphatic carbocycles. The van der Waals surface area contributed by atoms with Gasteiger partial charge in [-0.3, -0.25) is 9.59 Å². The van der Waals surface area contributed by atoms with Crippen molar-refractivity contribution >= 4 is 17.6 Å². The molecule has 0 aromatic heterocycles. The summed E-state index contributed by atoms with van der Waals surface area (Å²) in [6.45, 7) is 1.70. The number of rotatable bonds is 2. The Labute approximate surface area is 142 Å². The van der Waals surface area contributed by atoms with Gasteiger partial charge in [-0.2, -0.15) is 0 Å². The standard InChI is InChI=1S/C19H24N2O3/c1-19(11-12-5-3-4-6-16(12)20-17(19)22)18(23)24-15-9-13-7-8-14(10-15)21(13)2/h3-6,13-15H,7-11H2,1-2H3,(H,20,22). The Bertz CT molecular complexity index is 675. The molecule has 128 valence electrons. The van der Waals surface area contributed by atoms with Crippen LogP contribution in [0.15, 0.2) is 24.3 Å². The maximum absolute atomic E-state index is 12.8. The van der Waals surface area contributed by atoms with Crippen LogP contribution < -0.4 is 5.32 Å². The number of para-hydroxylation sites is 1. The Morgan fingerprint density at radius 2 is 1.92 bits per heavy atom. The molecule has 2 saturated heterocycles. The van der Waals surface area contributed by atoms with E-state index in [4.69, 9.17) is 4.74 Å². The van der Waals surface area contributed by atoms with Crippen LogP contribution in [-0.4, -0.2) is 42.0 Å². The normalized spacial score (nSPS) is 35.2. The number of hydrogen-bond donors (Lipinski definition) is 1. The zero-order chi connectivity index (χ0) is 16.9. The first-order valence-electron chi connectivity index (χ1n) is 8.80. The summed E-state index contributed by atoms with van der Waals surface area (Å²) in [5, 5.41) is 2.86. The summed E-state index contributed by atoms with van der Waals surface area (Å²) in [6, 6.07) is 8.65. The van der Waals surface area contributed by atoms with Crippen molar-refractivity contribution in [3.05, 3.63) is 29.8 Å². The summed E-state index contributed by atoms with van der Waals surface area (Å²) in [7, 11) is 2.16. The number of carbonyl (C=O) groups excluding carboxylic acids is 2. The van der Waals surface area contributed by atoms with E-state index in [1.54, 1.807) is 6.92 Å². The van der Waals surface area contributed by atoms with Gasteiger partial charge >= 0.3 is 5.97 Å². The largest absolute Gasteiger partial charge is 0.461 e. The Hall–Kier alpha value is -1.88. The Kier molecular flexibility index (Phi) is 3.64. The third kappa shape index (κ3) is 2.42. The molecule has 1 amide bonds. The molecule has 3 heterocycles. The molecule has 3 atom stereocenters. The van der Waals surface area contributed by atoms with Gasteiger partial charge in [0.1, 0.15) is 11.5 Å². The summed E-state index contributed by atoms with van der Waals surface area (Å²) >= 11 is 0. The summed E-state index contributed by atoms with van der Waals surface area (Å²) in [5.41, 5.74) is 0.640. The van der Waals surface area contributed by atoms with Crippen LogP contribution >= 0.6 is 0 Å². The minimum Gasteiger partial charge on any atom is -0.461 e. The number of anilines is 1. The fourth-order valence-electron chi connectivity index (χ4n) is 4.42. The highest BCUT2D eigenvalue weighted by molar-refractivity contribution is 6.10. The quantitative estimate of drug-likeness (QED) is 0.669. The molecule has 4 rings (SSSR count). The van der Waals surface area contributed by atoms with Gasteiger partial charge in [-0.15, -0.1) is 0 Å². The van der Waals surface area contributed by atoms with E-state index in [0.29, 0.717) is 18.5 Å². The fraction of sp³-hybridized carbons (Fsp3) is 0.579. The molecule has 3 unspecified atom stereocenters. The minimum absolute atomic E-state index is 0.0620. The van der Waals surface area contributed by atoms with E-state index in [0.717, 1.165) is 24.1 Å². The van der Waals surface area contributed by atoms with E-state index in [9.17, 15) is 9.59 Å². The maximum atomic E-state index is 12.8. The molecule has 0 spiro atoms. The zero-order valence-electron chi connectivity index (χ0n) is 14.2. The molecule has 3 aliphatic rings. The van der Waals surface area contributed by atoms with Gasteiger partial charge in [-0.25, -0.2) is 0 Å². The SMILES string of the molecule is CN1C2CCC1CC(OC(=O)C1(C)Cc3ccccc3NC1=O)C2. The van der Waals surface area contributed by atoms with Gasteiger partial charge < -0.3 is 15.0 Å². The lowest BCUT2D eigenvalue weighted by molar-refractivity contribution is -0.166. The Morgan fingerprint density at radius 3 is 2.62 bits per heavy atom. The van der Waals surface area contributed by atoms with Crippen LogP contribution in [0.3, 0.4) is 0 Å². The van der Waals surface area contributed by atoms with Crippen molar-refractivity contribution in [2.24, 2.45) is 5.41 Å². The number of ether oxygens (including phenoxy) is 1. The lowest BCUT2D eigenvalue weighted by Crippen LogP contribution is -2.49. The van der Waals surface area contributed by atoms with Crippen molar-refractivity contribution in [2.75, 3.05) is 12.4 Å². The second-order valence-corrected chi connectivity index (χ2v) is 7.67. The number of amides is 1. The van der Waals surface area contributed by atoms with Gasteiger partial charge in [0, 0.05) is 17.8 Å². The van der Waals surface area contributed by atoms with E-state index in [2.05, 4.69) is 17.3 Å². The van der Waals surface area contributed by atoms with Crippen molar-refractivity contribution < 1.29 is 14.3 Å². The third-order valence-corrected chi connectivity index (χ3v) is 6.09. The molecular formula is C19H24N2O3.